The van der Waals surface area contributed by atoms with Gasteiger partial charge < -0.3 is 15.0 Å². The maximum Gasteiger partial charge on any atom is 0.263 e. The minimum atomic E-state index is -0.279. The minimum absolute atomic E-state index is 0.00999. The number of nitrogens with zero attached hydrogens (tertiary/aromatic N) is 6. The number of aryl methyl sites for hydroxylation is 1. The smallest absolute Gasteiger partial charge is 0.263 e. The maximum absolute atomic E-state index is 13.5. The second kappa shape index (κ2) is 14.4. The first-order chi connectivity index (χ1) is 24.2. The van der Waals surface area contributed by atoms with E-state index in [4.69, 9.17) is 9.72 Å². The average molecular weight is 679 g/mol. The van der Waals surface area contributed by atoms with Crippen LogP contribution in [0, 0.1) is 6.92 Å². The number of piperidine rings is 1. The lowest BCUT2D eigenvalue weighted by Gasteiger charge is -2.36. The van der Waals surface area contributed by atoms with Gasteiger partial charge in [0.15, 0.2) is 5.78 Å². The first kappa shape index (κ1) is 33.3. The van der Waals surface area contributed by atoms with Crippen LogP contribution >= 0.6 is 0 Å². The van der Waals surface area contributed by atoms with E-state index in [1.54, 1.807) is 30.0 Å². The Balaban J connectivity index is 0.913. The van der Waals surface area contributed by atoms with Crippen molar-refractivity contribution in [3.05, 3.63) is 75.8 Å². The normalized spacial score (nSPS) is 18.8. The minimum Gasteiger partial charge on any atom is -0.491 e. The number of aromatic nitrogens is 4. The summed E-state index contributed by atoms with van der Waals surface area (Å²) < 4.78 is 7.70. The SMILES string of the molecule is CC(=O)c1c(C)c2cnc(Nc3ccc(OCCN4CCN(c5ccc(C6CCC(=O)NC6=O)cc5)CC4)cn3)nc2n(C2CCCC2)c1=O. The molecule has 1 aromatic carbocycles. The molecule has 3 aromatic heterocycles. The summed E-state index contributed by atoms with van der Waals surface area (Å²) in [7, 11) is 0. The third-order valence-electron chi connectivity index (χ3n) is 10.2. The van der Waals surface area contributed by atoms with E-state index in [-0.39, 0.29) is 40.7 Å². The molecule has 3 fully saturated rings. The number of benzene rings is 1. The molecule has 1 atom stereocenters. The first-order valence-electron chi connectivity index (χ1n) is 17.4. The highest BCUT2D eigenvalue weighted by Crippen LogP contribution is 2.32. The van der Waals surface area contributed by atoms with Crippen LogP contribution in [0.2, 0.25) is 0 Å². The van der Waals surface area contributed by atoms with Crippen LogP contribution in [-0.2, 0) is 9.59 Å². The van der Waals surface area contributed by atoms with Crippen molar-refractivity contribution < 1.29 is 19.1 Å². The molecule has 13 nitrogen and oxygen atoms in total. The number of piperazine rings is 1. The molecule has 50 heavy (non-hydrogen) atoms. The lowest BCUT2D eigenvalue weighted by Crippen LogP contribution is -2.47. The van der Waals surface area contributed by atoms with Gasteiger partial charge in [-0.15, -0.1) is 0 Å². The number of ether oxygens (including phenoxy) is 1. The molecular weight excluding hydrogens is 636 g/mol. The van der Waals surface area contributed by atoms with Gasteiger partial charge in [0, 0.05) is 62.5 Å². The van der Waals surface area contributed by atoms with E-state index >= 15 is 0 Å². The van der Waals surface area contributed by atoms with Crippen molar-refractivity contribution >= 4 is 46.1 Å². The van der Waals surface area contributed by atoms with Crippen molar-refractivity contribution in [1.82, 2.24) is 29.7 Å². The molecular formula is C37H42N8O5. The summed E-state index contributed by atoms with van der Waals surface area (Å²) in [5.74, 6) is 0.610. The van der Waals surface area contributed by atoms with Gasteiger partial charge in [0.25, 0.3) is 5.56 Å². The van der Waals surface area contributed by atoms with Gasteiger partial charge in [-0.3, -0.25) is 34.0 Å². The van der Waals surface area contributed by atoms with Crippen LogP contribution in [0.1, 0.15) is 78.9 Å². The van der Waals surface area contributed by atoms with Crippen molar-refractivity contribution in [1.29, 1.82) is 0 Å². The number of carbonyl (C=O) groups is 3. The van der Waals surface area contributed by atoms with Crippen molar-refractivity contribution in [2.24, 2.45) is 0 Å². The van der Waals surface area contributed by atoms with Crippen LogP contribution in [0.15, 0.2) is 53.6 Å². The molecule has 3 aliphatic rings. The number of hydrogen-bond donors (Lipinski definition) is 2. The molecule has 1 unspecified atom stereocenters. The Hall–Kier alpha value is -5.17. The second-order valence-corrected chi connectivity index (χ2v) is 13.4. The van der Waals surface area contributed by atoms with Crippen LogP contribution in [0.4, 0.5) is 17.5 Å². The zero-order valence-corrected chi connectivity index (χ0v) is 28.5. The fraction of sp³-hybridized carbons (Fsp3) is 0.432. The van der Waals surface area contributed by atoms with Crippen molar-refractivity contribution in [2.75, 3.05) is 49.5 Å². The van der Waals surface area contributed by atoms with Crippen molar-refractivity contribution in [3.63, 3.8) is 0 Å². The second-order valence-electron chi connectivity index (χ2n) is 13.4. The third kappa shape index (κ3) is 6.95. The molecule has 1 saturated carbocycles. The average Bonchev–Trinajstić information content (AvgIpc) is 3.64. The lowest BCUT2D eigenvalue weighted by atomic mass is 9.90. The zero-order chi connectivity index (χ0) is 34.8. The molecule has 0 spiro atoms. The Morgan fingerprint density at radius 2 is 1.72 bits per heavy atom. The van der Waals surface area contributed by atoms with Crippen LogP contribution < -0.4 is 25.8 Å². The van der Waals surface area contributed by atoms with Gasteiger partial charge in [-0.2, -0.15) is 4.98 Å². The predicted octanol–water partition coefficient (Wildman–Crippen LogP) is 4.28. The monoisotopic (exact) mass is 678 g/mol. The molecule has 4 aromatic rings. The summed E-state index contributed by atoms with van der Waals surface area (Å²) in [5.41, 5.74) is 3.15. The number of carbonyl (C=O) groups excluding carboxylic acids is 3. The topological polar surface area (TPSA) is 152 Å². The molecule has 7 rings (SSSR count). The number of Topliss-reactive ketones (excluding diaryl/α,β-unsaturated/α-hetero) is 1. The van der Waals surface area contributed by atoms with E-state index in [1.807, 2.05) is 18.2 Å². The van der Waals surface area contributed by atoms with E-state index in [0.717, 1.165) is 69.7 Å². The third-order valence-corrected chi connectivity index (χ3v) is 10.2. The van der Waals surface area contributed by atoms with Gasteiger partial charge in [-0.05, 0) is 68.5 Å². The molecule has 1 aliphatic carbocycles. The summed E-state index contributed by atoms with van der Waals surface area (Å²) in [4.78, 5) is 68.0. The Bertz CT molecular complexity index is 1960. The number of hydrogen-bond acceptors (Lipinski definition) is 11. The molecule has 2 saturated heterocycles. The van der Waals surface area contributed by atoms with Crippen LogP contribution in [0.3, 0.4) is 0 Å². The van der Waals surface area contributed by atoms with E-state index in [1.165, 1.54) is 6.92 Å². The predicted molar refractivity (Wildman–Crippen MR) is 189 cm³/mol. The summed E-state index contributed by atoms with van der Waals surface area (Å²) in [6.45, 7) is 8.15. The van der Waals surface area contributed by atoms with E-state index in [2.05, 4.69) is 42.5 Å². The number of rotatable bonds is 10. The van der Waals surface area contributed by atoms with Gasteiger partial charge >= 0.3 is 0 Å². The number of anilines is 3. The highest BCUT2D eigenvalue weighted by molar-refractivity contribution is 6.01. The Morgan fingerprint density at radius 3 is 2.40 bits per heavy atom. The van der Waals surface area contributed by atoms with Crippen LogP contribution in [0.5, 0.6) is 5.75 Å². The maximum atomic E-state index is 13.5. The summed E-state index contributed by atoms with van der Waals surface area (Å²) in [6, 6.07) is 11.8. The summed E-state index contributed by atoms with van der Waals surface area (Å²) in [5, 5.41) is 6.29. The fourth-order valence-corrected chi connectivity index (χ4v) is 7.41. The van der Waals surface area contributed by atoms with E-state index < -0.39 is 0 Å². The van der Waals surface area contributed by atoms with Gasteiger partial charge in [0.05, 0.1) is 17.7 Å². The number of pyridine rings is 2. The molecule has 260 valence electrons. The zero-order valence-electron chi connectivity index (χ0n) is 28.5. The summed E-state index contributed by atoms with van der Waals surface area (Å²) >= 11 is 0. The molecule has 5 heterocycles. The number of nitrogens with one attached hydrogen (secondary N) is 2. The molecule has 0 radical (unpaired) electrons. The Labute approximate surface area is 290 Å². The molecule has 2 N–H and O–H groups in total. The van der Waals surface area contributed by atoms with Gasteiger partial charge in [-0.25, -0.2) is 9.97 Å². The number of ketones is 1. The highest BCUT2D eigenvalue weighted by atomic mass is 16.5. The van der Waals surface area contributed by atoms with Gasteiger partial charge in [0.2, 0.25) is 17.8 Å². The van der Waals surface area contributed by atoms with Crippen molar-refractivity contribution in [2.45, 2.75) is 64.3 Å². The first-order valence-corrected chi connectivity index (χ1v) is 17.4. The molecule has 0 bridgehead atoms. The van der Waals surface area contributed by atoms with E-state index in [0.29, 0.717) is 53.6 Å². The largest absolute Gasteiger partial charge is 0.491 e. The number of amides is 2. The molecule has 2 aliphatic heterocycles. The van der Waals surface area contributed by atoms with Crippen LogP contribution in [0.25, 0.3) is 11.0 Å². The summed E-state index contributed by atoms with van der Waals surface area (Å²) in [6.07, 6.45) is 8.11. The van der Waals surface area contributed by atoms with Crippen LogP contribution in [-0.4, -0.2) is 81.3 Å². The van der Waals surface area contributed by atoms with Crippen molar-refractivity contribution in [3.8, 4) is 5.75 Å². The highest BCUT2D eigenvalue weighted by Gasteiger charge is 2.29. The Kier molecular flexibility index (Phi) is 9.57. The van der Waals surface area contributed by atoms with Gasteiger partial charge in [0.1, 0.15) is 23.8 Å². The van der Waals surface area contributed by atoms with E-state index in [9.17, 15) is 19.2 Å². The molecule has 2 amide bonds. The number of imide groups is 1. The lowest BCUT2D eigenvalue weighted by molar-refractivity contribution is -0.134. The Morgan fingerprint density at radius 1 is 0.960 bits per heavy atom. The quantitative estimate of drug-likeness (QED) is 0.183. The molecule has 13 heteroatoms. The van der Waals surface area contributed by atoms with Gasteiger partial charge in [-0.1, -0.05) is 25.0 Å². The standard InChI is InChI=1S/C37H42N8O5/c1-23-30-22-39-37(42-34(30)45(27-5-3-4-6-27)36(49)33(23)24(2)46)40-31-13-11-28(21-38-31)50-20-19-43-15-17-44(18-16-43)26-9-7-25(8-10-26)29-12-14-32(47)41-35(29)48/h7-11,13,21-22,27,29H,3-6,12,14-20H2,1-2H3,(H,41,47,48)(H,38,39,40,42). The fourth-order valence-electron chi connectivity index (χ4n) is 7.41. The number of fused-ring (bicyclic) bond motifs is 1.